The van der Waals surface area contributed by atoms with Crippen molar-refractivity contribution in [3.63, 3.8) is 0 Å². The summed E-state index contributed by atoms with van der Waals surface area (Å²) in [5, 5.41) is -0.650. The summed E-state index contributed by atoms with van der Waals surface area (Å²) in [7, 11) is 2.99. The van der Waals surface area contributed by atoms with Crippen LogP contribution in [-0.4, -0.2) is 31.4 Å². The molecule has 1 atom stereocenters. The van der Waals surface area contributed by atoms with Gasteiger partial charge in [-0.1, -0.05) is 30.3 Å². The zero-order chi connectivity index (χ0) is 16.8. The topological polar surface area (TPSA) is 46.6 Å². The van der Waals surface area contributed by atoms with Crippen molar-refractivity contribution < 1.29 is 14.3 Å². The van der Waals surface area contributed by atoms with E-state index in [4.69, 9.17) is 11.6 Å². The zero-order valence-electron chi connectivity index (χ0n) is 13.0. The molecular formula is C18H18ClNO3. The van der Waals surface area contributed by atoms with Gasteiger partial charge in [0.05, 0.1) is 12.7 Å². The van der Waals surface area contributed by atoms with Crippen LogP contribution >= 0.6 is 11.6 Å². The van der Waals surface area contributed by atoms with E-state index in [2.05, 4.69) is 4.74 Å². The highest BCUT2D eigenvalue weighted by Crippen LogP contribution is 2.18. The molecule has 5 heteroatoms. The summed E-state index contributed by atoms with van der Waals surface area (Å²) in [5.41, 5.74) is 2.11. The van der Waals surface area contributed by atoms with Gasteiger partial charge in [0, 0.05) is 12.7 Å². The van der Waals surface area contributed by atoms with E-state index in [9.17, 15) is 9.59 Å². The lowest BCUT2D eigenvalue weighted by molar-refractivity contribution is -0.118. The van der Waals surface area contributed by atoms with Crippen molar-refractivity contribution in [3.05, 3.63) is 65.7 Å². The van der Waals surface area contributed by atoms with E-state index >= 15 is 0 Å². The number of rotatable bonds is 5. The van der Waals surface area contributed by atoms with Crippen molar-refractivity contribution in [1.82, 2.24) is 0 Å². The molecule has 0 radical (unpaired) electrons. The third-order valence-corrected chi connectivity index (χ3v) is 3.87. The Morgan fingerprint density at radius 1 is 1.09 bits per heavy atom. The smallest absolute Gasteiger partial charge is 0.337 e. The molecule has 23 heavy (non-hydrogen) atoms. The van der Waals surface area contributed by atoms with E-state index in [1.165, 1.54) is 12.0 Å². The van der Waals surface area contributed by atoms with Crippen molar-refractivity contribution >= 4 is 29.2 Å². The summed E-state index contributed by atoms with van der Waals surface area (Å²) in [5.74, 6) is -0.605. The molecule has 0 saturated carbocycles. The van der Waals surface area contributed by atoms with Crippen molar-refractivity contribution in [2.45, 2.75) is 11.8 Å². The van der Waals surface area contributed by atoms with Crippen LogP contribution in [0.15, 0.2) is 54.6 Å². The van der Waals surface area contributed by atoms with Crippen LogP contribution in [0.3, 0.4) is 0 Å². The number of hydrogen-bond acceptors (Lipinski definition) is 3. The number of anilines is 1. The lowest BCUT2D eigenvalue weighted by atomic mass is 10.1. The van der Waals surface area contributed by atoms with Crippen molar-refractivity contribution in [3.8, 4) is 0 Å². The Balaban J connectivity index is 2.05. The van der Waals surface area contributed by atoms with Crippen molar-refractivity contribution in [2.75, 3.05) is 19.1 Å². The molecule has 2 aromatic rings. The molecule has 4 nitrogen and oxygen atoms in total. The maximum atomic E-state index is 12.4. The maximum Gasteiger partial charge on any atom is 0.337 e. The van der Waals surface area contributed by atoms with Gasteiger partial charge in [0.1, 0.15) is 5.38 Å². The Labute approximate surface area is 140 Å². The SMILES string of the molecule is COC(=O)c1ccc(N(C)C(=O)[C@H](Cl)Cc2ccccc2)cc1. The second-order valence-electron chi connectivity index (χ2n) is 5.09. The molecule has 2 rings (SSSR count). The summed E-state index contributed by atoms with van der Waals surface area (Å²) >= 11 is 6.25. The Morgan fingerprint density at radius 2 is 1.70 bits per heavy atom. The van der Waals surface area contributed by atoms with E-state index in [-0.39, 0.29) is 5.91 Å². The molecule has 0 heterocycles. The fourth-order valence-electron chi connectivity index (χ4n) is 2.18. The average molecular weight is 332 g/mol. The highest BCUT2D eigenvalue weighted by Gasteiger charge is 2.21. The van der Waals surface area contributed by atoms with Crippen LogP contribution in [0.2, 0.25) is 0 Å². The van der Waals surface area contributed by atoms with Gasteiger partial charge in [-0.15, -0.1) is 11.6 Å². The van der Waals surface area contributed by atoms with Gasteiger partial charge in [0.2, 0.25) is 5.91 Å². The van der Waals surface area contributed by atoms with Crippen LogP contribution in [0.5, 0.6) is 0 Å². The normalized spacial score (nSPS) is 11.6. The molecule has 2 aromatic carbocycles. The third-order valence-electron chi connectivity index (χ3n) is 3.53. The number of nitrogens with zero attached hydrogens (tertiary/aromatic N) is 1. The molecule has 0 bridgehead atoms. The first-order valence-electron chi connectivity index (χ1n) is 7.17. The first-order valence-corrected chi connectivity index (χ1v) is 7.60. The number of amides is 1. The third kappa shape index (κ3) is 4.33. The second-order valence-corrected chi connectivity index (χ2v) is 5.62. The lowest BCUT2D eigenvalue weighted by Gasteiger charge is -2.20. The average Bonchev–Trinajstić information content (AvgIpc) is 2.60. The van der Waals surface area contributed by atoms with Gasteiger partial charge in [0.25, 0.3) is 0 Å². The fourth-order valence-corrected chi connectivity index (χ4v) is 2.51. The number of carbonyl (C=O) groups is 2. The standard InChI is InChI=1S/C18H18ClNO3/c1-20(15-10-8-14(9-11-15)18(22)23-2)17(21)16(19)12-13-6-4-3-5-7-13/h3-11,16H,12H2,1-2H3/t16-/m1/s1. The molecule has 0 spiro atoms. The number of ether oxygens (including phenoxy) is 1. The van der Waals surface area contributed by atoms with Gasteiger partial charge >= 0.3 is 5.97 Å². The van der Waals surface area contributed by atoms with Crippen molar-refractivity contribution in [2.24, 2.45) is 0 Å². The molecule has 0 fully saturated rings. The van der Waals surface area contributed by atoms with Crippen LogP contribution in [0.4, 0.5) is 5.69 Å². The number of halogens is 1. The molecule has 0 aliphatic carbocycles. The molecule has 0 aliphatic heterocycles. The molecule has 120 valence electrons. The van der Waals surface area contributed by atoms with Crippen LogP contribution in [0, 0.1) is 0 Å². The minimum atomic E-state index is -0.650. The molecular weight excluding hydrogens is 314 g/mol. The number of esters is 1. The maximum absolute atomic E-state index is 12.4. The van der Waals surface area contributed by atoms with E-state index < -0.39 is 11.3 Å². The summed E-state index contributed by atoms with van der Waals surface area (Å²) in [6.45, 7) is 0. The zero-order valence-corrected chi connectivity index (χ0v) is 13.8. The first kappa shape index (κ1) is 17.0. The van der Waals surface area contributed by atoms with Crippen LogP contribution in [-0.2, 0) is 16.0 Å². The summed E-state index contributed by atoms with van der Waals surface area (Å²) in [6, 6.07) is 16.2. The number of methoxy groups -OCH3 is 1. The van der Waals surface area contributed by atoms with Gasteiger partial charge in [-0.25, -0.2) is 4.79 Å². The molecule has 0 aliphatic rings. The predicted octanol–water partition coefficient (Wildman–Crippen LogP) is 3.29. The number of benzene rings is 2. The Bertz CT molecular complexity index is 670. The molecule has 1 amide bonds. The predicted molar refractivity (Wildman–Crippen MR) is 91.0 cm³/mol. The summed E-state index contributed by atoms with van der Waals surface area (Å²) in [4.78, 5) is 25.3. The van der Waals surface area contributed by atoms with E-state index in [0.29, 0.717) is 17.7 Å². The van der Waals surface area contributed by atoms with Crippen LogP contribution < -0.4 is 4.90 Å². The summed E-state index contributed by atoms with van der Waals surface area (Å²) in [6.07, 6.45) is 0.464. The molecule has 0 N–H and O–H groups in total. The van der Waals surface area contributed by atoms with E-state index in [0.717, 1.165) is 5.56 Å². The Hall–Kier alpha value is -2.33. The second kappa shape index (κ2) is 7.79. The van der Waals surface area contributed by atoms with Gasteiger partial charge in [-0.3, -0.25) is 4.79 Å². The van der Waals surface area contributed by atoms with Crippen molar-refractivity contribution in [1.29, 1.82) is 0 Å². The fraction of sp³-hybridized carbons (Fsp3) is 0.222. The van der Waals surface area contributed by atoms with Gasteiger partial charge in [-0.05, 0) is 36.2 Å². The molecule has 0 saturated heterocycles. The van der Waals surface area contributed by atoms with Gasteiger partial charge in [-0.2, -0.15) is 0 Å². The van der Waals surface area contributed by atoms with Gasteiger partial charge in [0.15, 0.2) is 0 Å². The monoisotopic (exact) mass is 331 g/mol. The van der Waals surface area contributed by atoms with Crippen LogP contribution in [0.1, 0.15) is 15.9 Å². The minimum Gasteiger partial charge on any atom is -0.465 e. The van der Waals surface area contributed by atoms with E-state index in [1.807, 2.05) is 30.3 Å². The largest absolute Gasteiger partial charge is 0.465 e. The summed E-state index contributed by atoms with van der Waals surface area (Å²) < 4.78 is 4.65. The molecule has 0 aromatic heterocycles. The quantitative estimate of drug-likeness (QED) is 0.624. The minimum absolute atomic E-state index is 0.193. The molecule has 0 unspecified atom stereocenters. The number of alkyl halides is 1. The Kier molecular flexibility index (Phi) is 5.77. The highest BCUT2D eigenvalue weighted by molar-refractivity contribution is 6.32. The number of hydrogen-bond donors (Lipinski definition) is 0. The lowest BCUT2D eigenvalue weighted by Crippen LogP contribution is -2.34. The first-order chi connectivity index (χ1) is 11.0. The van der Waals surface area contributed by atoms with Crippen LogP contribution in [0.25, 0.3) is 0 Å². The number of carbonyl (C=O) groups excluding carboxylic acids is 2. The van der Waals surface area contributed by atoms with Gasteiger partial charge < -0.3 is 9.64 Å². The van der Waals surface area contributed by atoms with E-state index in [1.54, 1.807) is 31.3 Å². The highest BCUT2D eigenvalue weighted by atomic mass is 35.5. The Morgan fingerprint density at radius 3 is 2.26 bits per heavy atom.